The van der Waals surface area contributed by atoms with Crippen molar-refractivity contribution in [1.82, 2.24) is 5.16 Å². The van der Waals surface area contributed by atoms with Gasteiger partial charge in [-0.25, -0.2) is 12.8 Å². The number of benzene rings is 1. The highest BCUT2D eigenvalue weighted by molar-refractivity contribution is 7.91. The fraction of sp³-hybridized carbons (Fsp3) is 0.308. The predicted molar refractivity (Wildman–Crippen MR) is 79.2 cm³/mol. The second-order valence-electron chi connectivity index (χ2n) is 5.18. The van der Waals surface area contributed by atoms with Crippen molar-refractivity contribution in [3.63, 3.8) is 0 Å². The minimum atomic E-state index is -3.50. The molecule has 2 N–H and O–H groups in total. The average molecular weight is 333 g/mol. The first kappa shape index (κ1) is 15.8. The molecule has 0 spiro atoms. The zero-order valence-corrected chi connectivity index (χ0v) is 13.2. The summed E-state index contributed by atoms with van der Waals surface area (Å²) in [5.74, 6) is -0.450. The van der Waals surface area contributed by atoms with Gasteiger partial charge in [-0.05, 0) is 32.0 Å². The van der Waals surface area contributed by atoms with Crippen LogP contribution >= 0.6 is 11.6 Å². The molecule has 0 unspecified atom stereocenters. The number of sulfone groups is 1. The van der Waals surface area contributed by atoms with Crippen LogP contribution in [0.1, 0.15) is 19.6 Å². The highest BCUT2D eigenvalue weighted by atomic mass is 35.5. The topological polar surface area (TPSA) is 86.2 Å². The molecule has 2 rings (SSSR count). The Labute approximate surface area is 126 Å². The number of aromatic nitrogens is 1. The molecule has 1 aromatic carbocycles. The molecule has 0 aliphatic heterocycles. The third-order valence-corrected chi connectivity index (χ3v) is 5.74. The van der Waals surface area contributed by atoms with Gasteiger partial charge in [0.05, 0.1) is 10.6 Å². The van der Waals surface area contributed by atoms with Crippen molar-refractivity contribution in [3.05, 3.63) is 34.8 Å². The van der Waals surface area contributed by atoms with Crippen LogP contribution in [-0.2, 0) is 14.6 Å². The van der Waals surface area contributed by atoms with Crippen molar-refractivity contribution in [2.24, 2.45) is 0 Å². The maximum atomic E-state index is 13.2. The summed E-state index contributed by atoms with van der Waals surface area (Å²) in [6.07, 6.45) is 1.09. The minimum absolute atomic E-state index is 0.00441. The smallest absolute Gasteiger partial charge is 0.175 e. The standard InChI is InChI=1S/C13H14ClFN2O3S/c1-13(2,21(3,18)19)11-10(12(16)17-20-11)8-5-4-7(15)6-9(8)14/h4-6H,1-3H3,(H2,16,17). The Balaban J connectivity index is 2.75. The summed E-state index contributed by atoms with van der Waals surface area (Å²) in [6, 6.07) is 3.72. The average Bonchev–Trinajstić information content (AvgIpc) is 2.70. The summed E-state index contributed by atoms with van der Waals surface area (Å²) < 4.78 is 40.9. The van der Waals surface area contributed by atoms with Gasteiger partial charge in [0.1, 0.15) is 10.6 Å². The Bertz CT molecular complexity index is 800. The van der Waals surface area contributed by atoms with Gasteiger partial charge in [0.25, 0.3) is 0 Å². The molecule has 8 heteroatoms. The van der Waals surface area contributed by atoms with Gasteiger partial charge in [0.2, 0.25) is 0 Å². The van der Waals surface area contributed by atoms with Gasteiger partial charge in [0.15, 0.2) is 21.4 Å². The molecule has 21 heavy (non-hydrogen) atoms. The van der Waals surface area contributed by atoms with E-state index in [0.29, 0.717) is 5.56 Å². The van der Waals surface area contributed by atoms with E-state index < -0.39 is 20.4 Å². The van der Waals surface area contributed by atoms with Crippen LogP contribution in [0.4, 0.5) is 10.2 Å². The summed E-state index contributed by atoms with van der Waals surface area (Å²) in [7, 11) is -3.50. The van der Waals surface area contributed by atoms with E-state index in [4.69, 9.17) is 21.9 Å². The van der Waals surface area contributed by atoms with E-state index in [2.05, 4.69) is 5.16 Å². The van der Waals surface area contributed by atoms with Gasteiger partial charge in [-0.3, -0.25) is 0 Å². The third kappa shape index (κ3) is 2.63. The minimum Gasteiger partial charge on any atom is -0.380 e. The lowest BCUT2D eigenvalue weighted by Crippen LogP contribution is -2.28. The summed E-state index contributed by atoms with van der Waals surface area (Å²) in [6.45, 7) is 2.95. The fourth-order valence-corrected chi connectivity index (χ4v) is 2.57. The molecule has 2 aromatic rings. The molecule has 0 saturated carbocycles. The highest BCUT2D eigenvalue weighted by Gasteiger charge is 2.40. The lowest BCUT2D eigenvalue weighted by molar-refractivity contribution is 0.357. The zero-order chi connectivity index (χ0) is 16.0. The molecule has 0 bridgehead atoms. The Morgan fingerprint density at radius 1 is 1.38 bits per heavy atom. The van der Waals surface area contributed by atoms with Crippen LogP contribution in [0.5, 0.6) is 0 Å². The number of anilines is 1. The van der Waals surface area contributed by atoms with E-state index in [1.165, 1.54) is 26.0 Å². The summed E-state index contributed by atoms with van der Waals surface area (Å²) in [4.78, 5) is 0. The number of hydrogen-bond donors (Lipinski definition) is 1. The van der Waals surface area contributed by atoms with Gasteiger partial charge in [-0.2, -0.15) is 0 Å². The largest absolute Gasteiger partial charge is 0.380 e. The van der Waals surface area contributed by atoms with E-state index in [0.717, 1.165) is 12.3 Å². The Hall–Kier alpha value is -1.60. The highest BCUT2D eigenvalue weighted by Crippen LogP contribution is 2.42. The van der Waals surface area contributed by atoms with Crippen molar-refractivity contribution in [1.29, 1.82) is 0 Å². The maximum absolute atomic E-state index is 13.2. The first-order valence-corrected chi connectivity index (χ1v) is 8.23. The number of hydrogen-bond acceptors (Lipinski definition) is 5. The lowest BCUT2D eigenvalue weighted by Gasteiger charge is -2.20. The number of nitrogens with zero attached hydrogens (tertiary/aromatic N) is 1. The van der Waals surface area contributed by atoms with Crippen molar-refractivity contribution in [2.45, 2.75) is 18.6 Å². The van der Waals surface area contributed by atoms with Crippen molar-refractivity contribution in [2.75, 3.05) is 12.0 Å². The zero-order valence-electron chi connectivity index (χ0n) is 11.6. The number of halogens is 2. The maximum Gasteiger partial charge on any atom is 0.175 e. The molecule has 0 atom stereocenters. The molecule has 5 nitrogen and oxygen atoms in total. The molecule has 0 aliphatic rings. The van der Waals surface area contributed by atoms with E-state index in [1.807, 2.05) is 0 Å². The molecular formula is C13H14ClFN2O3S. The van der Waals surface area contributed by atoms with Gasteiger partial charge < -0.3 is 10.3 Å². The lowest BCUT2D eigenvalue weighted by atomic mass is 9.99. The molecule has 0 saturated heterocycles. The SMILES string of the molecule is CC(C)(c1onc(N)c1-c1ccc(F)cc1Cl)S(C)(=O)=O. The van der Waals surface area contributed by atoms with E-state index in [1.54, 1.807) is 0 Å². The van der Waals surface area contributed by atoms with Crippen molar-refractivity contribution in [3.8, 4) is 11.1 Å². The molecule has 0 radical (unpaired) electrons. The molecule has 114 valence electrons. The monoisotopic (exact) mass is 332 g/mol. The quantitative estimate of drug-likeness (QED) is 0.933. The Morgan fingerprint density at radius 3 is 2.52 bits per heavy atom. The van der Waals surface area contributed by atoms with Gasteiger partial charge in [-0.1, -0.05) is 16.8 Å². The molecule has 0 fully saturated rings. The first-order valence-electron chi connectivity index (χ1n) is 5.96. The number of rotatable bonds is 3. The van der Waals surface area contributed by atoms with Crippen LogP contribution < -0.4 is 5.73 Å². The Morgan fingerprint density at radius 2 is 2.00 bits per heavy atom. The molecule has 0 aliphatic carbocycles. The predicted octanol–water partition coefficient (Wildman–Crippen LogP) is 3.00. The van der Waals surface area contributed by atoms with Crippen LogP contribution in [0.25, 0.3) is 11.1 Å². The van der Waals surface area contributed by atoms with E-state index in [9.17, 15) is 12.8 Å². The van der Waals surface area contributed by atoms with Crippen LogP contribution in [0.15, 0.2) is 22.7 Å². The number of nitrogens with two attached hydrogens (primary N) is 1. The van der Waals surface area contributed by atoms with Crippen LogP contribution in [0.2, 0.25) is 5.02 Å². The van der Waals surface area contributed by atoms with Gasteiger partial charge >= 0.3 is 0 Å². The summed E-state index contributed by atoms with van der Waals surface area (Å²) in [5.41, 5.74) is 6.39. The van der Waals surface area contributed by atoms with Gasteiger partial charge in [-0.15, -0.1) is 0 Å². The summed E-state index contributed by atoms with van der Waals surface area (Å²) >= 11 is 6.01. The Kier molecular flexibility index (Phi) is 3.75. The van der Waals surface area contributed by atoms with Crippen molar-refractivity contribution < 1.29 is 17.3 Å². The van der Waals surface area contributed by atoms with Crippen LogP contribution in [0.3, 0.4) is 0 Å². The van der Waals surface area contributed by atoms with E-state index in [-0.39, 0.29) is 22.2 Å². The van der Waals surface area contributed by atoms with Crippen LogP contribution in [0, 0.1) is 5.82 Å². The third-order valence-electron chi connectivity index (χ3n) is 3.39. The molecule has 1 heterocycles. The normalized spacial score (nSPS) is 12.6. The molecular weight excluding hydrogens is 319 g/mol. The van der Waals surface area contributed by atoms with Crippen LogP contribution in [-0.4, -0.2) is 19.8 Å². The number of nitrogen functional groups attached to an aromatic ring is 1. The van der Waals surface area contributed by atoms with Gasteiger partial charge in [0, 0.05) is 11.8 Å². The van der Waals surface area contributed by atoms with E-state index >= 15 is 0 Å². The van der Waals surface area contributed by atoms with Crippen molar-refractivity contribution >= 4 is 27.3 Å². The first-order chi connectivity index (χ1) is 9.55. The molecule has 1 aromatic heterocycles. The fourth-order valence-electron chi connectivity index (χ4n) is 1.83. The molecule has 0 amide bonds. The second-order valence-corrected chi connectivity index (χ2v) is 8.15. The summed E-state index contributed by atoms with van der Waals surface area (Å²) in [5, 5.41) is 3.72. The second kappa shape index (κ2) is 4.99.